The van der Waals surface area contributed by atoms with Crippen LogP contribution in [-0.4, -0.2) is 24.9 Å². The molecule has 0 amide bonds. The fraction of sp³-hybridized carbons (Fsp3) is 0.176. The summed E-state index contributed by atoms with van der Waals surface area (Å²) in [4.78, 5) is 4.47. The van der Waals surface area contributed by atoms with E-state index in [1.165, 1.54) is 0 Å². The molecule has 0 saturated heterocycles. The predicted octanol–water partition coefficient (Wildman–Crippen LogP) is 4.15. The van der Waals surface area contributed by atoms with E-state index in [2.05, 4.69) is 15.5 Å². The van der Waals surface area contributed by atoms with Gasteiger partial charge in [0.05, 0.1) is 30.1 Å². The maximum atomic E-state index is 5.56. The van der Waals surface area contributed by atoms with Gasteiger partial charge in [-0.05, 0) is 42.8 Å². The number of rotatable bonds is 6. The third kappa shape index (κ3) is 3.60. The Balaban J connectivity index is 1.73. The third-order valence-electron chi connectivity index (χ3n) is 3.16. The molecule has 0 radical (unpaired) electrons. The second-order valence-electron chi connectivity index (χ2n) is 4.70. The topological polar surface area (TPSA) is 55.7 Å². The summed E-state index contributed by atoms with van der Waals surface area (Å²) in [6.45, 7) is 2.52. The smallest absolute Gasteiger partial charge is 0.204 e. The lowest BCUT2D eigenvalue weighted by Crippen LogP contribution is -1.97. The fourth-order valence-corrected chi connectivity index (χ4v) is 2.94. The van der Waals surface area contributed by atoms with E-state index in [0.717, 1.165) is 20.9 Å². The molecule has 118 valence electrons. The van der Waals surface area contributed by atoms with E-state index in [4.69, 9.17) is 9.47 Å². The largest absolute Gasteiger partial charge is 0.493 e. The molecule has 1 heterocycles. The normalized spacial score (nSPS) is 11.0. The molecule has 1 N–H and O–H groups in total. The Hall–Kier alpha value is -2.60. The number of benzene rings is 2. The van der Waals surface area contributed by atoms with Crippen LogP contribution in [0, 0.1) is 0 Å². The number of para-hydroxylation sites is 1. The Bertz CT molecular complexity index is 797. The van der Waals surface area contributed by atoms with E-state index < -0.39 is 0 Å². The maximum absolute atomic E-state index is 5.56. The van der Waals surface area contributed by atoms with Gasteiger partial charge in [0.25, 0.3) is 0 Å². The molecule has 0 aliphatic rings. The summed E-state index contributed by atoms with van der Waals surface area (Å²) in [7, 11) is 1.63. The van der Waals surface area contributed by atoms with Gasteiger partial charge >= 0.3 is 0 Å². The lowest BCUT2D eigenvalue weighted by Gasteiger charge is -2.09. The van der Waals surface area contributed by atoms with Gasteiger partial charge in [-0.15, -0.1) is 0 Å². The van der Waals surface area contributed by atoms with Crippen LogP contribution < -0.4 is 14.9 Å². The molecule has 1 aromatic heterocycles. The van der Waals surface area contributed by atoms with Gasteiger partial charge < -0.3 is 9.47 Å². The summed E-state index contributed by atoms with van der Waals surface area (Å²) in [6.07, 6.45) is 1.73. The summed E-state index contributed by atoms with van der Waals surface area (Å²) in [5.74, 6) is 1.42. The summed E-state index contributed by atoms with van der Waals surface area (Å²) >= 11 is 1.57. The van der Waals surface area contributed by atoms with Crippen LogP contribution in [0.4, 0.5) is 5.13 Å². The number of nitrogens with zero attached hydrogens (tertiary/aromatic N) is 2. The molecule has 0 atom stereocenters. The number of nitrogens with one attached hydrogen (secondary N) is 1. The van der Waals surface area contributed by atoms with Gasteiger partial charge in [0, 0.05) is 0 Å². The molecular formula is C17H17N3O2S. The Morgan fingerprint density at radius 3 is 2.87 bits per heavy atom. The molecule has 0 bridgehead atoms. The van der Waals surface area contributed by atoms with E-state index in [1.54, 1.807) is 24.7 Å². The molecule has 3 rings (SSSR count). The highest BCUT2D eigenvalue weighted by atomic mass is 32.1. The average molecular weight is 327 g/mol. The van der Waals surface area contributed by atoms with Crippen LogP contribution in [0.3, 0.4) is 0 Å². The van der Waals surface area contributed by atoms with Crippen LogP contribution in [0.5, 0.6) is 11.5 Å². The van der Waals surface area contributed by atoms with Crippen molar-refractivity contribution < 1.29 is 9.47 Å². The summed E-state index contributed by atoms with van der Waals surface area (Å²) in [5.41, 5.74) is 4.86. The van der Waals surface area contributed by atoms with Gasteiger partial charge in [-0.3, -0.25) is 5.43 Å². The van der Waals surface area contributed by atoms with Gasteiger partial charge in [-0.25, -0.2) is 4.98 Å². The van der Waals surface area contributed by atoms with Crippen molar-refractivity contribution in [2.24, 2.45) is 5.10 Å². The molecule has 0 aliphatic heterocycles. The third-order valence-corrected chi connectivity index (χ3v) is 4.10. The van der Waals surface area contributed by atoms with Crippen LogP contribution in [-0.2, 0) is 0 Å². The van der Waals surface area contributed by atoms with Crippen LogP contribution in [0.2, 0.25) is 0 Å². The van der Waals surface area contributed by atoms with Crippen LogP contribution in [0.1, 0.15) is 12.5 Å². The average Bonchev–Trinajstić information content (AvgIpc) is 2.98. The van der Waals surface area contributed by atoms with Crippen molar-refractivity contribution in [3.05, 3.63) is 48.0 Å². The van der Waals surface area contributed by atoms with Crippen molar-refractivity contribution in [3.63, 3.8) is 0 Å². The molecule has 0 fully saturated rings. The first kappa shape index (κ1) is 15.3. The van der Waals surface area contributed by atoms with Gasteiger partial charge in [0.2, 0.25) is 5.13 Å². The number of hydrogen-bond donors (Lipinski definition) is 1. The zero-order chi connectivity index (χ0) is 16.1. The van der Waals surface area contributed by atoms with Gasteiger partial charge in [-0.2, -0.15) is 5.10 Å². The maximum Gasteiger partial charge on any atom is 0.204 e. The highest BCUT2D eigenvalue weighted by Crippen LogP contribution is 2.28. The number of methoxy groups -OCH3 is 1. The zero-order valence-electron chi connectivity index (χ0n) is 12.9. The van der Waals surface area contributed by atoms with Gasteiger partial charge in [-0.1, -0.05) is 23.5 Å². The Morgan fingerprint density at radius 1 is 1.22 bits per heavy atom. The second kappa shape index (κ2) is 7.11. The van der Waals surface area contributed by atoms with Crippen molar-refractivity contribution >= 4 is 32.9 Å². The number of anilines is 1. The number of fused-ring (bicyclic) bond motifs is 1. The Kier molecular flexibility index (Phi) is 4.73. The predicted molar refractivity (Wildman–Crippen MR) is 95.0 cm³/mol. The number of ether oxygens (including phenoxy) is 2. The molecule has 0 unspecified atom stereocenters. The zero-order valence-corrected chi connectivity index (χ0v) is 13.8. The molecular weight excluding hydrogens is 310 g/mol. The lowest BCUT2D eigenvalue weighted by atomic mass is 10.2. The Labute approximate surface area is 138 Å². The molecule has 5 nitrogen and oxygen atoms in total. The van der Waals surface area contributed by atoms with E-state index in [0.29, 0.717) is 18.1 Å². The van der Waals surface area contributed by atoms with Crippen LogP contribution in [0.15, 0.2) is 47.6 Å². The molecule has 0 saturated carbocycles. The quantitative estimate of drug-likeness (QED) is 0.546. The minimum atomic E-state index is 0.584. The molecule has 2 aromatic carbocycles. The fourth-order valence-electron chi connectivity index (χ4n) is 2.12. The monoisotopic (exact) mass is 327 g/mol. The summed E-state index contributed by atoms with van der Waals surface area (Å²) < 4.78 is 12.0. The SMILES string of the molecule is CCOc1cc(/C=N\Nc2nc3ccccc3s2)ccc1OC. The number of thiazole rings is 1. The second-order valence-corrected chi connectivity index (χ2v) is 5.73. The lowest BCUT2D eigenvalue weighted by molar-refractivity contribution is 0.311. The van der Waals surface area contributed by atoms with Crippen molar-refractivity contribution in [1.82, 2.24) is 4.98 Å². The number of hydrazone groups is 1. The van der Waals surface area contributed by atoms with E-state index in [9.17, 15) is 0 Å². The van der Waals surface area contributed by atoms with E-state index in [-0.39, 0.29) is 0 Å². The van der Waals surface area contributed by atoms with Gasteiger partial charge in [0.15, 0.2) is 11.5 Å². The number of hydrogen-bond acceptors (Lipinski definition) is 6. The van der Waals surface area contributed by atoms with Crippen molar-refractivity contribution in [3.8, 4) is 11.5 Å². The minimum Gasteiger partial charge on any atom is -0.493 e. The van der Waals surface area contributed by atoms with Gasteiger partial charge in [0.1, 0.15) is 0 Å². The Morgan fingerprint density at radius 2 is 2.09 bits per heavy atom. The van der Waals surface area contributed by atoms with Crippen molar-refractivity contribution in [1.29, 1.82) is 0 Å². The molecule has 0 spiro atoms. The highest BCUT2D eigenvalue weighted by molar-refractivity contribution is 7.22. The molecule has 3 aromatic rings. The highest BCUT2D eigenvalue weighted by Gasteiger charge is 2.04. The van der Waals surface area contributed by atoms with Crippen molar-refractivity contribution in [2.45, 2.75) is 6.92 Å². The molecule has 6 heteroatoms. The first-order chi connectivity index (χ1) is 11.3. The summed E-state index contributed by atoms with van der Waals surface area (Å²) in [6, 6.07) is 13.7. The van der Waals surface area contributed by atoms with Crippen LogP contribution in [0.25, 0.3) is 10.2 Å². The standard InChI is InChI=1S/C17H17N3O2S/c1-3-22-15-10-12(8-9-14(15)21-2)11-18-20-17-19-13-6-4-5-7-16(13)23-17/h4-11H,3H2,1-2H3,(H,19,20)/b18-11-. The first-order valence-electron chi connectivity index (χ1n) is 7.25. The molecule has 0 aliphatic carbocycles. The molecule has 23 heavy (non-hydrogen) atoms. The first-order valence-corrected chi connectivity index (χ1v) is 8.07. The number of aromatic nitrogens is 1. The summed E-state index contributed by atoms with van der Waals surface area (Å²) in [5, 5.41) is 5.01. The van der Waals surface area contributed by atoms with Crippen LogP contribution >= 0.6 is 11.3 Å². The van der Waals surface area contributed by atoms with Crippen molar-refractivity contribution in [2.75, 3.05) is 19.1 Å². The minimum absolute atomic E-state index is 0.584. The van der Waals surface area contributed by atoms with E-state index >= 15 is 0 Å². The van der Waals surface area contributed by atoms with E-state index in [1.807, 2.05) is 49.4 Å².